The van der Waals surface area contributed by atoms with E-state index in [1.807, 2.05) is 20.8 Å². The molecule has 0 bridgehead atoms. The molecule has 0 aliphatic carbocycles. The summed E-state index contributed by atoms with van der Waals surface area (Å²) in [6.45, 7) is 8.04. The summed E-state index contributed by atoms with van der Waals surface area (Å²) >= 11 is 0. The van der Waals surface area contributed by atoms with E-state index in [2.05, 4.69) is 4.90 Å². The fourth-order valence-electron chi connectivity index (χ4n) is 2.62. The van der Waals surface area contributed by atoms with Crippen molar-refractivity contribution in [1.82, 2.24) is 9.80 Å². The minimum absolute atomic E-state index is 0.232. The van der Waals surface area contributed by atoms with Crippen LogP contribution in [0, 0.1) is 0 Å². The molecule has 2 aliphatic rings. The number of amides is 1. The molecule has 7 heteroatoms. The minimum Gasteiger partial charge on any atom is -0.444 e. The molecular weight excluding hydrogens is 280 g/mol. The fourth-order valence-corrected chi connectivity index (χ4v) is 3.85. The Balaban J connectivity index is 1.85. The van der Waals surface area contributed by atoms with Crippen LogP contribution in [0.25, 0.3) is 0 Å². The van der Waals surface area contributed by atoms with Crippen LogP contribution in [0.3, 0.4) is 0 Å². The van der Waals surface area contributed by atoms with Crippen molar-refractivity contribution < 1.29 is 17.9 Å². The van der Waals surface area contributed by atoms with Crippen molar-refractivity contribution >= 4 is 15.9 Å². The summed E-state index contributed by atoms with van der Waals surface area (Å²) in [5.41, 5.74) is -0.478. The number of rotatable bonds is 1. The van der Waals surface area contributed by atoms with Crippen molar-refractivity contribution in [2.75, 3.05) is 37.7 Å². The van der Waals surface area contributed by atoms with Crippen LogP contribution in [-0.2, 0) is 14.6 Å². The zero-order chi connectivity index (χ0) is 15.0. The molecule has 0 N–H and O–H groups in total. The maximum atomic E-state index is 12.0. The lowest BCUT2D eigenvalue weighted by atomic mass is 10.2. The van der Waals surface area contributed by atoms with E-state index in [9.17, 15) is 13.2 Å². The summed E-state index contributed by atoms with van der Waals surface area (Å²) in [6, 6.07) is 0.262. The second-order valence-electron chi connectivity index (χ2n) is 6.56. The van der Waals surface area contributed by atoms with Gasteiger partial charge in [0.15, 0.2) is 9.84 Å². The molecule has 6 nitrogen and oxygen atoms in total. The standard InChI is InChI=1S/C13H24N2O4S/c1-13(2,3)19-12(16)15-5-4-11(10-15)14-6-8-20(17,18)9-7-14/h11H,4-10H2,1-3H3. The molecule has 1 amide bonds. The van der Waals surface area contributed by atoms with Crippen molar-refractivity contribution in [3.05, 3.63) is 0 Å². The van der Waals surface area contributed by atoms with Crippen LogP contribution in [0.5, 0.6) is 0 Å². The Hall–Kier alpha value is -0.820. The van der Waals surface area contributed by atoms with Gasteiger partial charge in [-0.1, -0.05) is 0 Å². The third-order valence-corrected chi connectivity index (χ3v) is 5.32. The normalized spacial score (nSPS) is 27.6. The molecule has 116 valence electrons. The second kappa shape index (κ2) is 5.52. The van der Waals surface area contributed by atoms with Crippen molar-refractivity contribution in [1.29, 1.82) is 0 Å². The Labute approximate surface area is 121 Å². The highest BCUT2D eigenvalue weighted by Crippen LogP contribution is 2.20. The predicted molar refractivity (Wildman–Crippen MR) is 76.4 cm³/mol. The van der Waals surface area contributed by atoms with E-state index in [-0.39, 0.29) is 23.6 Å². The highest BCUT2D eigenvalue weighted by Gasteiger charge is 2.35. The molecule has 2 rings (SSSR count). The molecule has 1 unspecified atom stereocenters. The summed E-state index contributed by atoms with van der Waals surface area (Å²) in [4.78, 5) is 15.9. The van der Waals surface area contributed by atoms with Crippen LogP contribution in [0.2, 0.25) is 0 Å². The Kier molecular flexibility index (Phi) is 4.30. The molecule has 0 aromatic rings. The molecule has 0 spiro atoms. The number of carbonyl (C=O) groups excluding carboxylic acids is 1. The van der Waals surface area contributed by atoms with Crippen LogP contribution < -0.4 is 0 Å². The largest absolute Gasteiger partial charge is 0.444 e. The predicted octanol–water partition coefficient (Wildman–Crippen LogP) is 0.726. The third-order valence-electron chi connectivity index (χ3n) is 3.71. The zero-order valence-corrected chi connectivity index (χ0v) is 13.3. The first-order chi connectivity index (χ1) is 9.16. The average Bonchev–Trinajstić information content (AvgIpc) is 2.76. The van der Waals surface area contributed by atoms with Gasteiger partial charge in [-0.05, 0) is 27.2 Å². The molecule has 0 aromatic carbocycles. The first-order valence-corrected chi connectivity index (χ1v) is 8.91. The third kappa shape index (κ3) is 4.09. The van der Waals surface area contributed by atoms with Crippen LogP contribution in [0.4, 0.5) is 4.79 Å². The van der Waals surface area contributed by atoms with Gasteiger partial charge in [-0.2, -0.15) is 0 Å². The topological polar surface area (TPSA) is 66.9 Å². The lowest BCUT2D eigenvalue weighted by molar-refractivity contribution is 0.0280. The van der Waals surface area contributed by atoms with E-state index in [0.717, 1.165) is 6.42 Å². The zero-order valence-electron chi connectivity index (χ0n) is 12.5. The molecule has 2 aliphatic heterocycles. The number of likely N-dealkylation sites (tertiary alicyclic amines) is 1. The first-order valence-electron chi connectivity index (χ1n) is 7.09. The van der Waals surface area contributed by atoms with Gasteiger partial charge in [0, 0.05) is 32.2 Å². The monoisotopic (exact) mass is 304 g/mol. The number of ether oxygens (including phenoxy) is 1. The molecule has 1 atom stereocenters. The van der Waals surface area contributed by atoms with Crippen molar-refractivity contribution in [2.45, 2.75) is 38.8 Å². The number of hydrogen-bond donors (Lipinski definition) is 0. The molecule has 0 saturated carbocycles. The van der Waals surface area contributed by atoms with Crippen molar-refractivity contribution in [2.24, 2.45) is 0 Å². The molecular formula is C13H24N2O4S. The highest BCUT2D eigenvalue weighted by atomic mass is 32.2. The lowest BCUT2D eigenvalue weighted by Crippen LogP contribution is -2.47. The van der Waals surface area contributed by atoms with Gasteiger partial charge in [0.05, 0.1) is 11.5 Å². The Morgan fingerprint density at radius 3 is 2.30 bits per heavy atom. The fraction of sp³-hybridized carbons (Fsp3) is 0.923. The van der Waals surface area contributed by atoms with Gasteiger partial charge in [0.2, 0.25) is 0 Å². The van der Waals surface area contributed by atoms with E-state index in [1.165, 1.54) is 0 Å². The lowest BCUT2D eigenvalue weighted by Gasteiger charge is -2.32. The minimum atomic E-state index is -2.85. The average molecular weight is 304 g/mol. The SMILES string of the molecule is CC(C)(C)OC(=O)N1CCC(N2CCS(=O)(=O)CC2)C1. The van der Waals surface area contributed by atoms with E-state index in [4.69, 9.17) is 4.74 Å². The van der Waals surface area contributed by atoms with E-state index in [1.54, 1.807) is 4.90 Å². The highest BCUT2D eigenvalue weighted by molar-refractivity contribution is 7.91. The Bertz CT molecular complexity index is 455. The number of hydrogen-bond acceptors (Lipinski definition) is 5. The summed E-state index contributed by atoms with van der Waals surface area (Å²) in [7, 11) is -2.85. The van der Waals surface area contributed by atoms with Gasteiger partial charge in [-0.3, -0.25) is 4.90 Å². The van der Waals surface area contributed by atoms with Crippen molar-refractivity contribution in [3.63, 3.8) is 0 Å². The van der Waals surface area contributed by atoms with E-state index >= 15 is 0 Å². The molecule has 2 heterocycles. The van der Waals surface area contributed by atoms with Gasteiger partial charge in [0.1, 0.15) is 5.60 Å². The summed E-state index contributed by atoms with van der Waals surface area (Å²) in [5.74, 6) is 0.464. The summed E-state index contributed by atoms with van der Waals surface area (Å²) in [5, 5.41) is 0. The van der Waals surface area contributed by atoms with Crippen molar-refractivity contribution in [3.8, 4) is 0 Å². The maximum absolute atomic E-state index is 12.0. The number of nitrogens with zero attached hydrogens (tertiary/aromatic N) is 2. The number of sulfone groups is 1. The van der Waals surface area contributed by atoms with Gasteiger partial charge in [0.25, 0.3) is 0 Å². The Morgan fingerprint density at radius 1 is 1.15 bits per heavy atom. The van der Waals surface area contributed by atoms with Crippen LogP contribution in [0.1, 0.15) is 27.2 Å². The summed E-state index contributed by atoms with van der Waals surface area (Å²) in [6.07, 6.45) is 0.615. The van der Waals surface area contributed by atoms with Gasteiger partial charge in [-0.15, -0.1) is 0 Å². The molecule has 2 fully saturated rings. The maximum Gasteiger partial charge on any atom is 0.410 e. The second-order valence-corrected chi connectivity index (χ2v) is 8.86. The smallest absolute Gasteiger partial charge is 0.410 e. The van der Waals surface area contributed by atoms with Gasteiger partial charge in [-0.25, -0.2) is 13.2 Å². The van der Waals surface area contributed by atoms with Crippen LogP contribution in [0.15, 0.2) is 0 Å². The summed E-state index contributed by atoms with van der Waals surface area (Å²) < 4.78 is 28.2. The van der Waals surface area contributed by atoms with Crippen LogP contribution >= 0.6 is 0 Å². The van der Waals surface area contributed by atoms with Crippen LogP contribution in [-0.4, -0.2) is 73.6 Å². The first kappa shape index (κ1) is 15.6. The van der Waals surface area contributed by atoms with E-state index < -0.39 is 15.4 Å². The molecule has 2 saturated heterocycles. The molecule has 0 aromatic heterocycles. The molecule has 0 radical (unpaired) electrons. The van der Waals surface area contributed by atoms with Gasteiger partial charge < -0.3 is 9.64 Å². The molecule has 20 heavy (non-hydrogen) atoms. The number of carbonyl (C=O) groups is 1. The van der Waals surface area contributed by atoms with E-state index in [0.29, 0.717) is 26.2 Å². The quantitative estimate of drug-likeness (QED) is 0.714. The van der Waals surface area contributed by atoms with Gasteiger partial charge >= 0.3 is 6.09 Å². The Morgan fingerprint density at radius 2 is 1.75 bits per heavy atom.